The smallest absolute Gasteiger partial charge is 0.245 e. The third-order valence-electron chi connectivity index (χ3n) is 5.34. The number of nitrogens with one attached hydrogen (secondary N) is 1. The molecule has 1 amide bonds. The summed E-state index contributed by atoms with van der Waals surface area (Å²) < 4.78 is 28.2. The first kappa shape index (κ1) is 19.5. The van der Waals surface area contributed by atoms with Gasteiger partial charge in [-0.3, -0.25) is 9.78 Å². The van der Waals surface area contributed by atoms with Gasteiger partial charge in [-0.1, -0.05) is 30.3 Å². The summed E-state index contributed by atoms with van der Waals surface area (Å²) in [7, 11) is -3.86. The van der Waals surface area contributed by atoms with Crippen molar-refractivity contribution in [3.05, 3.63) is 65.9 Å². The molecule has 0 spiro atoms. The number of rotatable bonds is 4. The first-order chi connectivity index (χ1) is 13.9. The summed E-state index contributed by atoms with van der Waals surface area (Å²) in [6.45, 7) is 4.19. The molecule has 1 aliphatic heterocycles. The lowest BCUT2D eigenvalue weighted by Gasteiger charge is -2.24. The molecule has 1 aromatic heterocycles. The fraction of sp³-hybridized carbons (Fsp3) is 0.273. The second-order valence-electron chi connectivity index (χ2n) is 7.41. The number of aryl methyl sites for hydroxylation is 2. The third-order valence-corrected chi connectivity index (χ3v) is 7.28. The third kappa shape index (κ3) is 3.63. The highest BCUT2D eigenvalue weighted by molar-refractivity contribution is 7.89. The van der Waals surface area contributed by atoms with E-state index in [1.165, 1.54) is 4.31 Å². The normalized spacial score (nSPS) is 17.5. The molecule has 1 fully saturated rings. The Bertz CT molecular complexity index is 1190. The van der Waals surface area contributed by atoms with Crippen LogP contribution in [-0.4, -0.2) is 36.2 Å². The van der Waals surface area contributed by atoms with Gasteiger partial charge in [-0.2, -0.15) is 4.31 Å². The number of hydrogen-bond donors (Lipinski definition) is 1. The minimum Gasteiger partial charge on any atom is -0.324 e. The summed E-state index contributed by atoms with van der Waals surface area (Å²) in [5.41, 5.74) is 3.11. The van der Waals surface area contributed by atoms with Crippen molar-refractivity contribution in [1.82, 2.24) is 9.29 Å². The van der Waals surface area contributed by atoms with E-state index < -0.39 is 16.1 Å². The van der Waals surface area contributed by atoms with E-state index in [1.807, 2.05) is 44.2 Å². The van der Waals surface area contributed by atoms with E-state index in [0.717, 1.165) is 16.5 Å². The van der Waals surface area contributed by atoms with Crippen LogP contribution in [0.5, 0.6) is 0 Å². The van der Waals surface area contributed by atoms with Gasteiger partial charge < -0.3 is 5.32 Å². The molecule has 3 aromatic rings. The highest BCUT2D eigenvalue weighted by Crippen LogP contribution is 2.30. The number of pyridine rings is 1. The van der Waals surface area contributed by atoms with Gasteiger partial charge in [-0.25, -0.2) is 8.42 Å². The van der Waals surface area contributed by atoms with Crippen molar-refractivity contribution in [3.63, 3.8) is 0 Å². The molecule has 1 aliphatic rings. The first-order valence-electron chi connectivity index (χ1n) is 9.61. The first-order valence-corrected chi connectivity index (χ1v) is 11.1. The van der Waals surface area contributed by atoms with Crippen LogP contribution >= 0.6 is 0 Å². The molecule has 0 radical (unpaired) electrons. The van der Waals surface area contributed by atoms with Crippen molar-refractivity contribution < 1.29 is 13.2 Å². The van der Waals surface area contributed by atoms with Crippen molar-refractivity contribution in [2.45, 2.75) is 37.6 Å². The molecular weight excluding hydrogens is 386 g/mol. The zero-order valence-electron chi connectivity index (χ0n) is 16.4. The Kier molecular flexibility index (Phi) is 5.10. The summed E-state index contributed by atoms with van der Waals surface area (Å²) in [4.78, 5) is 17.4. The van der Waals surface area contributed by atoms with Crippen LogP contribution in [0.4, 0.5) is 5.69 Å². The van der Waals surface area contributed by atoms with Crippen molar-refractivity contribution in [2.24, 2.45) is 0 Å². The van der Waals surface area contributed by atoms with E-state index in [-0.39, 0.29) is 10.8 Å². The van der Waals surface area contributed by atoms with Crippen LogP contribution in [0.2, 0.25) is 0 Å². The van der Waals surface area contributed by atoms with E-state index in [0.29, 0.717) is 30.6 Å². The highest BCUT2D eigenvalue weighted by atomic mass is 32.2. The summed E-state index contributed by atoms with van der Waals surface area (Å²) >= 11 is 0. The van der Waals surface area contributed by atoms with Gasteiger partial charge in [-0.05, 0) is 56.0 Å². The van der Waals surface area contributed by atoms with Crippen LogP contribution in [0, 0.1) is 13.8 Å². The minimum absolute atomic E-state index is 0.141. The average molecular weight is 410 g/mol. The number of carbonyl (C=O) groups excluding carboxylic acids is 1. The number of hydrogen-bond acceptors (Lipinski definition) is 4. The van der Waals surface area contributed by atoms with Crippen LogP contribution in [0.25, 0.3) is 10.9 Å². The van der Waals surface area contributed by atoms with E-state index in [1.54, 1.807) is 24.4 Å². The van der Waals surface area contributed by atoms with Crippen molar-refractivity contribution in [1.29, 1.82) is 0 Å². The molecule has 1 saturated heterocycles. The minimum atomic E-state index is -3.86. The van der Waals surface area contributed by atoms with Gasteiger partial charge in [0.25, 0.3) is 0 Å². The maximum atomic E-state index is 13.4. The van der Waals surface area contributed by atoms with Crippen molar-refractivity contribution >= 4 is 32.5 Å². The zero-order valence-corrected chi connectivity index (χ0v) is 17.2. The van der Waals surface area contributed by atoms with Gasteiger partial charge in [0.15, 0.2) is 0 Å². The van der Waals surface area contributed by atoms with Gasteiger partial charge in [-0.15, -0.1) is 0 Å². The quantitative estimate of drug-likeness (QED) is 0.713. The van der Waals surface area contributed by atoms with Gasteiger partial charge in [0.2, 0.25) is 15.9 Å². The molecule has 0 aliphatic carbocycles. The van der Waals surface area contributed by atoms with E-state index in [2.05, 4.69) is 10.3 Å². The Hall–Kier alpha value is -2.77. The number of benzene rings is 2. The lowest BCUT2D eigenvalue weighted by molar-refractivity contribution is -0.119. The number of amides is 1. The second kappa shape index (κ2) is 7.57. The monoisotopic (exact) mass is 409 g/mol. The second-order valence-corrected chi connectivity index (χ2v) is 9.27. The Morgan fingerprint density at radius 2 is 1.93 bits per heavy atom. The number of anilines is 1. The molecule has 2 aromatic carbocycles. The lowest BCUT2D eigenvalue weighted by Crippen LogP contribution is -2.43. The molecule has 150 valence electrons. The maximum Gasteiger partial charge on any atom is 0.245 e. The van der Waals surface area contributed by atoms with E-state index >= 15 is 0 Å². The van der Waals surface area contributed by atoms with Gasteiger partial charge >= 0.3 is 0 Å². The number of para-hydroxylation sites is 1. The average Bonchev–Trinajstić information content (AvgIpc) is 3.21. The summed E-state index contributed by atoms with van der Waals surface area (Å²) in [6, 6.07) is 13.8. The van der Waals surface area contributed by atoms with Gasteiger partial charge in [0.1, 0.15) is 10.9 Å². The number of aromatic nitrogens is 1. The molecule has 4 rings (SSSR count). The lowest BCUT2D eigenvalue weighted by atomic mass is 10.1. The molecule has 2 heterocycles. The molecule has 1 atom stereocenters. The van der Waals surface area contributed by atoms with Gasteiger partial charge in [0, 0.05) is 23.8 Å². The SMILES string of the molecule is Cc1ccc(C)c(NC(=O)[C@@H]2CCCN2S(=O)(=O)c2cccc3cccnc23)c1. The molecule has 0 saturated carbocycles. The Balaban J connectivity index is 1.67. The molecule has 6 nitrogen and oxygen atoms in total. The predicted octanol–water partition coefficient (Wildman–Crippen LogP) is 3.64. The molecule has 7 heteroatoms. The standard InChI is InChI=1S/C22H23N3O3S/c1-15-10-11-16(2)18(14-15)24-22(26)19-8-5-13-25(19)29(27,28)20-9-3-6-17-7-4-12-23-21(17)20/h3-4,6-7,9-12,14,19H,5,8,13H2,1-2H3,(H,24,26)/t19-/m0/s1. The van der Waals surface area contributed by atoms with Crippen LogP contribution < -0.4 is 5.32 Å². The van der Waals surface area contributed by atoms with Gasteiger partial charge in [0.05, 0.1) is 5.52 Å². The fourth-order valence-electron chi connectivity index (χ4n) is 3.79. The molecule has 1 N–H and O–H groups in total. The summed E-state index contributed by atoms with van der Waals surface area (Å²) in [5.74, 6) is -0.298. The molecule has 0 unspecified atom stereocenters. The number of sulfonamides is 1. The molecule has 29 heavy (non-hydrogen) atoms. The number of nitrogens with zero attached hydrogens (tertiary/aromatic N) is 2. The molecular formula is C22H23N3O3S. The Labute approximate surface area is 170 Å². The Morgan fingerprint density at radius 3 is 2.76 bits per heavy atom. The number of carbonyl (C=O) groups is 1. The highest BCUT2D eigenvalue weighted by Gasteiger charge is 2.40. The van der Waals surface area contributed by atoms with Crippen LogP contribution in [-0.2, 0) is 14.8 Å². The van der Waals surface area contributed by atoms with E-state index in [4.69, 9.17) is 0 Å². The summed E-state index contributed by atoms with van der Waals surface area (Å²) in [5, 5.41) is 3.68. The maximum absolute atomic E-state index is 13.4. The fourth-order valence-corrected chi connectivity index (χ4v) is 5.61. The topological polar surface area (TPSA) is 79.4 Å². The molecule has 0 bridgehead atoms. The van der Waals surface area contributed by atoms with Crippen LogP contribution in [0.3, 0.4) is 0 Å². The number of fused-ring (bicyclic) bond motifs is 1. The van der Waals surface area contributed by atoms with Crippen LogP contribution in [0.1, 0.15) is 24.0 Å². The van der Waals surface area contributed by atoms with Crippen molar-refractivity contribution in [3.8, 4) is 0 Å². The van der Waals surface area contributed by atoms with E-state index in [9.17, 15) is 13.2 Å². The summed E-state index contributed by atoms with van der Waals surface area (Å²) in [6.07, 6.45) is 2.71. The van der Waals surface area contributed by atoms with Crippen molar-refractivity contribution in [2.75, 3.05) is 11.9 Å². The largest absolute Gasteiger partial charge is 0.324 e. The van der Waals surface area contributed by atoms with Crippen LogP contribution in [0.15, 0.2) is 59.6 Å². The predicted molar refractivity (Wildman–Crippen MR) is 113 cm³/mol. The Morgan fingerprint density at radius 1 is 1.14 bits per heavy atom. The zero-order chi connectivity index (χ0) is 20.6.